The van der Waals surface area contributed by atoms with Gasteiger partial charge < -0.3 is 10.5 Å². The second-order valence-corrected chi connectivity index (χ2v) is 7.61. The molecule has 144 valence electrons. The molecule has 0 amide bonds. The van der Waals surface area contributed by atoms with Crippen molar-refractivity contribution in [2.45, 2.75) is 39.0 Å². The number of ether oxygens (including phenoxy) is 1. The van der Waals surface area contributed by atoms with Crippen LogP contribution >= 0.6 is 0 Å². The molecule has 0 fully saturated rings. The summed E-state index contributed by atoms with van der Waals surface area (Å²) in [5, 5.41) is 10.6. The quantitative estimate of drug-likeness (QED) is 0.481. The molecule has 0 radical (unpaired) electrons. The largest absolute Gasteiger partial charge is 0.494 e. The number of unbranched alkanes of at least 4 members (excludes halogenated alkanes) is 1. The van der Waals surface area contributed by atoms with Crippen LogP contribution in [0.3, 0.4) is 0 Å². The van der Waals surface area contributed by atoms with Crippen molar-refractivity contribution >= 4 is 27.6 Å². The van der Waals surface area contributed by atoms with E-state index in [0.717, 1.165) is 52.6 Å². The van der Waals surface area contributed by atoms with E-state index < -0.39 is 0 Å². The summed E-state index contributed by atoms with van der Waals surface area (Å²) < 4.78 is 5.83. The van der Waals surface area contributed by atoms with Gasteiger partial charge in [0.25, 0.3) is 0 Å². The summed E-state index contributed by atoms with van der Waals surface area (Å²) in [7, 11) is 0. The zero-order chi connectivity index (χ0) is 19.7. The van der Waals surface area contributed by atoms with Crippen LogP contribution < -0.4 is 10.5 Å². The van der Waals surface area contributed by atoms with Gasteiger partial charge in [-0.2, -0.15) is 5.10 Å². The number of rotatable bonds is 6. The Morgan fingerprint density at radius 2 is 1.86 bits per heavy atom. The lowest BCUT2D eigenvalue weighted by Crippen LogP contribution is -2.20. The number of hydrogen-bond donors (Lipinski definition) is 2. The molecule has 0 aliphatic rings. The van der Waals surface area contributed by atoms with Crippen molar-refractivity contribution < 1.29 is 4.74 Å². The smallest absolute Gasteiger partial charge is 0.161 e. The standard InChI is InChI=1S/C22H25N5O/c1-4-5-10-28-17-9-7-14-11-16(8-6-15(14)12-17)22(2,3)19-18-20(23)24-13-25-21(18)27-26-19/h6-9,11-13H,4-5,10H2,1-3H3,(H3,23,24,25,26,27). The third-order valence-corrected chi connectivity index (χ3v) is 5.28. The Kier molecular flexibility index (Phi) is 4.63. The number of benzene rings is 2. The molecular formula is C22H25N5O. The predicted octanol–water partition coefficient (Wildman–Crippen LogP) is 4.59. The van der Waals surface area contributed by atoms with Gasteiger partial charge in [-0.1, -0.05) is 51.5 Å². The maximum atomic E-state index is 6.11. The minimum Gasteiger partial charge on any atom is -0.494 e. The summed E-state index contributed by atoms with van der Waals surface area (Å²) in [5.74, 6) is 1.35. The molecule has 3 N–H and O–H groups in total. The molecule has 0 spiro atoms. The van der Waals surface area contributed by atoms with Crippen LogP contribution in [0.15, 0.2) is 42.7 Å². The van der Waals surface area contributed by atoms with E-state index in [1.54, 1.807) is 0 Å². The lowest BCUT2D eigenvalue weighted by atomic mass is 9.79. The minimum absolute atomic E-state index is 0.360. The summed E-state index contributed by atoms with van der Waals surface area (Å²) in [4.78, 5) is 8.37. The van der Waals surface area contributed by atoms with E-state index in [2.05, 4.69) is 71.3 Å². The van der Waals surface area contributed by atoms with Gasteiger partial charge in [0.2, 0.25) is 0 Å². The Morgan fingerprint density at radius 3 is 2.68 bits per heavy atom. The third kappa shape index (κ3) is 3.15. The van der Waals surface area contributed by atoms with Gasteiger partial charge >= 0.3 is 0 Å². The molecule has 0 saturated carbocycles. The number of aromatic amines is 1. The molecule has 4 aromatic rings. The van der Waals surface area contributed by atoms with Gasteiger partial charge in [-0.05, 0) is 34.9 Å². The number of nitrogen functional groups attached to an aromatic ring is 1. The first-order chi connectivity index (χ1) is 13.5. The Hall–Kier alpha value is -3.15. The highest BCUT2D eigenvalue weighted by Gasteiger charge is 2.30. The van der Waals surface area contributed by atoms with Gasteiger partial charge in [0.1, 0.15) is 17.9 Å². The van der Waals surface area contributed by atoms with Gasteiger partial charge in [-0.3, -0.25) is 5.10 Å². The van der Waals surface area contributed by atoms with E-state index in [0.29, 0.717) is 11.5 Å². The van der Waals surface area contributed by atoms with E-state index in [9.17, 15) is 0 Å². The fourth-order valence-corrected chi connectivity index (χ4v) is 3.51. The van der Waals surface area contributed by atoms with E-state index in [4.69, 9.17) is 10.5 Å². The van der Waals surface area contributed by atoms with Crippen molar-refractivity contribution in [3.8, 4) is 5.75 Å². The van der Waals surface area contributed by atoms with E-state index in [-0.39, 0.29) is 5.41 Å². The summed E-state index contributed by atoms with van der Waals surface area (Å²) in [6.45, 7) is 7.19. The fourth-order valence-electron chi connectivity index (χ4n) is 3.51. The second-order valence-electron chi connectivity index (χ2n) is 7.61. The summed E-state index contributed by atoms with van der Waals surface area (Å²) in [6, 6.07) is 12.7. The molecule has 0 saturated heterocycles. The number of H-pyrrole nitrogens is 1. The Balaban J connectivity index is 1.72. The zero-order valence-corrected chi connectivity index (χ0v) is 16.5. The Bertz CT molecular complexity index is 1130. The van der Waals surface area contributed by atoms with Crippen molar-refractivity contribution in [1.82, 2.24) is 20.2 Å². The second kappa shape index (κ2) is 7.11. The molecule has 0 aliphatic carbocycles. The Labute approximate surface area is 164 Å². The number of hydrogen-bond acceptors (Lipinski definition) is 5. The van der Waals surface area contributed by atoms with Crippen LogP contribution in [0.25, 0.3) is 21.8 Å². The molecule has 6 heteroatoms. The predicted molar refractivity (Wildman–Crippen MR) is 113 cm³/mol. The highest BCUT2D eigenvalue weighted by Crippen LogP contribution is 2.37. The van der Waals surface area contributed by atoms with Crippen LogP contribution in [-0.4, -0.2) is 26.8 Å². The first-order valence-electron chi connectivity index (χ1n) is 9.63. The molecule has 28 heavy (non-hydrogen) atoms. The number of aromatic nitrogens is 4. The molecule has 0 atom stereocenters. The monoisotopic (exact) mass is 375 g/mol. The van der Waals surface area contributed by atoms with Crippen molar-refractivity contribution in [3.63, 3.8) is 0 Å². The maximum absolute atomic E-state index is 6.11. The van der Waals surface area contributed by atoms with E-state index >= 15 is 0 Å². The van der Waals surface area contributed by atoms with Crippen LogP contribution in [0.4, 0.5) is 5.82 Å². The first-order valence-corrected chi connectivity index (χ1v) is 9.63. The van der Waals surface area contributed by atoms with Crippen LogP contribution in [-0.2, 0) is 5.41 Å². The van der Waals surface area contributed by atoms with Crippen LogP contribution in [0.1, 0.15) is 44.9 Å². The number of nitrogens with zero attached hydrogens (tertiary/aromatic N) is 3. The average Bonchev–Trinajstić information content (AvgIpc) is 3.14. The zero-order valence-electron chi connectivity index (χ0n) is 16.5. The summed E-state index contributed by atoms with van der Waals surface area (Å²) in [6.07, 6.45) is 3.64. The van der Waals surface area contributed by atoms with Crippen molar-refractivity contribution in [2.24, 2.45) is 0 Å². The van der Waals surface area contributed by atoms with E-state index in [1.165, 1.54) is 6.33 Å². The van der Waals surface area contributed by atoms with Gasteiger partial charge in [0.05, 0.1) is 17.7 Å². The SMILES string of the molecule is CCCCOc1ccc2cc(C(C)(C)c3n[nH]c4ncnc(N)c34)ccc2c1. The lowest BCUT2D eigenvalue weighted by molar-refractivity contribution is 0.310. The molecule has 2 aromatic carbocycles. The van der Waals surface area contributed by atoms with Crippen LogP contribution in [0.5, 0.6) is 5.75 Å². The highest BCUT2D eigenvalue weighted by atomic mass is 16.5. The van der Waals surface area contributed by atoms with Crippen molar-refractivity contribution in [3.05, 3.63) is 54.0 Å². The molecule has 0 bridgehead atoms. The molecule has 2 heterocycles. The maximum Gasteiger partial charge on any atom is 0.161 e. The molecule has 2 aromatic heterocycles. The molecule has 6 nitrogen and oxygen atoms in total. The molecule has 0 unspecified atom stereocenters. The third-order valence-electron chi connectivity index (χ3n) is 5.28. The first kappa shape index (κ1) is 18.2. The van der Waals surface area contributed by atoms with Gasteiger partial charge in [-0.15, -0.1) is 0 Å². The summed E-state index contributed by atoms with van der Waals surface area (Å²) >= 11 is 0. The number of nitrogens with two attached hydrogens (primary N) is 1. The molecule has 4 rings (SSSR count). The molecular weight excluding hydrogens is 350 g/mol. The number of nitrogens with one attached hydrogen (secondary N) is 1. The van der Waals surface area contributed by atoms with Gasteiger partial charge in [0, 0.05) is 5.41 Å². The lowest BCUT2D eigenvalue weighted by Gasteiger charge is -2.24. The number of fused-ring (bicyclic) bond motifs is 2. The normalized spacial score (nSPS) is 12.0. The topological polar surface area (TPSA) is 89.7 Å². The van der Waals surface area contributed by atoms with Gasteiger partial charge in [0.15, 0.2) is 5.65 Å². The van der Waals surface area contributed by atoms with Crippen molar-refractivity contribution in [1.29, 1.82) is 0 Å². The average molecular weight is 375 g/mol. The fraction of sp³-hybridized carbons (Fsp3) is 0.318. The van der Waals surface area contributed by atoms with Crippen molar-refractivity contribution in [2.75, 3.05) is 12.3 Å². The van der Waals surface area contributed by atoms with Crippen LogP contribution in [0.2, 0.25) is 0 Å². The number of anilines is 1. The highest BCUT2D eigenvalue weighted by molar-refractivity contribution is 5.90. The van der Waals surface area contributed by atoms with Gasteiger partial charge in [-0.25, -0.2) is 9.97 Å². The minimum atomic E-state index is -0.360. The van der Waals surface area contributed by atoms with E-state index in [1.807, 2.05) is 6.07 Å². The van der Waals surface area contributed by atoms with Crippen LogP contribution in [0, 0.1) is 0 Å². The molecule has 0 aliphatic heterocycles. The summed E-state index contributed by atoms with van der Waals surface area (Å²) in [5.41, 5.74) is 8.40. The Morgan fingerprint density at radius 1 is 1.07 bits per heavy atom.